The van der Waals surface area contributed by atoms with Gasteiger partial charge in [-0.2, -0.15) is 0 Å². The second-order valence-electron chi connectivity index (χ2n) is 7.90. The lowest BCUT2D eigenvalue weighted by Crippen LogP contribution is -2.25. The third kappa shape index (κ3) is 4.57. The molecule has 1 saturated carbocycles. The van der Waals surface area contributed by atoms with Crippen molar-refractivity contribution in [3.63, 3.8) is 0 Å². The van der Waals surface area contributed by atoms with E-state index in [1.165, 1.54) is 0 Å². The van der Waals surface area contributed by atoms with Gasteiger partial charge in [-0.05, 0) is 60.1 Å². The van der Waals surface area contributed by atoms with Crippen LogP contribution in [0.25, 0.3) is 0 Å². The van der Waals surface area contributed by atoms with Crippen LogP contribution in [0.2, 0.25) is 0 Å². The summed E-state index contributed by atoms with van der Waals surface area (Å²) < 4.78 is 0. The zero-order valence-corrected chi connectivity index (χ0v) is 16.5. The van der Waals surface area contributed by atoms with Crippen molar-refractivity contribution in [2.75, 3.05) is 5.32 Å². The Morgan fingerprint density at radius 1 is 0.815 bits per heavy atom. The average Bonchev–Trinajstić information content (AvgIpc) is 3.45. The molecule has 1 fully saturated rings. The van der Waals surface area contributed by atoms with Crippen LogP contribution in [0.4, 0.5) is 5.69 Å². The number of anilines is 1. The molecule has 0 unspecified atom stereocenters. The molecule has 0 radical (unpaired) electrons. The number of nitrogens with one attached hydrogen (secondary N) is 2. The number of para-hydroxylation sites is 1. The summed E-state index contributed by atoms with van der Waals surface area (Å²) in [7, 11) is 0. The van der Waals surface area contributed by atoms with E-state index in [1.54, 1.807) is 24.3 Å². The Kier molecular flexibility index (Phi) is 5.64. The van der Waals surface area contributed by atoms with Crippen molar-refractivity contribution in [1.29, 1.82) is 0 Å². The number of benzene rings is 2. The summed E-state index contributed by atoms with van der Waals surface area (Å²) in [6.45, 7) is 8.51. The minimum absolute atomic E-state index is 0.0725. The molecule has 0 spiro atoms. The van der Waals surface area contributed by atoms with E-state index in [4.69, 9.17) is 0 Å². The minimum atomic E-state index is -0.154. The minimum Gasteiger partial charge on any atom is -0.349 e. The maximum atomic E-state index is 12.8. The summed E-state index contributed by atoms with van der Waals surface area (Å²) >= 11 is 0. The van der Waals surface area contributed by atoms with Gasteiger partial charge in [0.2, 0.25) is 0 Å². The van der Waals surface area contributed by atoms with Gasteiger partial charge in [-0.3, -0.25) is 9.59 Å². The zero-order valence-electron chi connectivity index (χ0n) is 16.5. The number of amides is 2. The summed E-state index contributed by atoms with van der Waals surface area (Å²) in [6.07, 6.45) is 2.11. The van der Waals surface area contributed by atoms with Crippen LogP contribution in [0.1, 0.15) is 84.2 Å². The monoisotopic (exact) mass is 364 g/mol. The smallest absolute Gasteiger partial charge is 0.255 e. The Morgan fingerprint density at radius 2 is 1.30 bits per heavy atom. The van der Waals surface area contributed by atoms with Crippen LogP contribution >= 0.6 is 0 Å². The summed E-state index contributed by atoms with van der Waals surface area (Å²) in [6, 6.07) is 13.4. The highest BCUT2D eigenvalue weighted by molar-refractivity contribution is 6.06. The lowest BCUT2D eigenvalue weighted by atomic mass is 9.92. The molecule has 1 aliphatic rings. The van der Waals surface area contributed by atoms with Crippen LogP contribution in [0.15, 0.2) is 42.5 Å². The lowest BCUT2D eigenvalue weighted by molar-refractivity contribution is 0.0949. The van der Waals surface area contributed by atoms with Gasteiger partial charge in [0, 0.05) is 22.9 Å². The Bertz CT molecular complexity index is 808. The Morgan fingerprint density at radius 3 is 1.74 bits per heavy atom. The van der Waals surface area contributed by atoms with E-state index in [-0.39, 0.29) is 11.8 Å². The van der Waals surface area contributed by atoms with Gasteiger partial charge in [0.05, 0.1) is 0 Å². The predicted molar refractivity (Wildman–Crippen MR) is 110 cm³/mol. The summed E-state index contributed by atoms with van der Waals surface area (Å²) in [5, 5.41) is 6.07. The van der Waals surface area contributed by atoms with Crippen molar-refractivity contribution in [2.45, 2.75) is 58.4 Å². The third-order valence-electron chi connectivity index (χ3n) is 4.93. The van der Waals surface area contributed by atoms with Gasteiger partial charge in [-0.1, -0.05) is 45.9 Å². The maximum absolute atomic E-state index is 12.8. The standard InChI is InChI=1S/C23H28N2O2/c1-14(2)19-6-5-7-20(15(3)4)21(19)25-23(27)17-10-8-16(9-11-17)22(26)24-18-12-13-18/h5-11,14-15,18H,12-13H2,1-4H3,(H,24,26)(H,25,27). The molecule has 2 amide bonds. The van der Waals surface area contributed by atoms with Crippen molar-refractivity contribution in [3.8, 4) is 0 Å². The van der Waals surface area contributed by atoms with Crippen LogP contribution in [-0.2, 0) is 0 Å². The summed E-state index contributed by atoms with van der Waals surface area (Å²) in [5.41, 5.74) is 4.31. The first-order valence-corrected chi connectivity index (χ1v) is 9.72. The average molecular weight is 364 g/mol. The van der Waals surface area contributed by atoms with Gasteiger partial charge in [0.1, 0.15) is 0 Å². The molecule has 0 aliphatic heterocycles. The van der Waals surface area contributed by atoms with E-state index in [2.05, 4.69) is 50.5 Å². The Balaban J connectivity index is 1.80. The molecular weight excluding hydrogens is 336 g/mol. The Hall–Kier alpha value is -2.62. The molecule has 2 aromatic carbocycles. The number of carbonyl (C=O) groups excluding carboxylic acids is 2. The van der Waals surface area contributed by atoms with Crippen LogP contribution in [0.5, 0.6) is 0 Å². The first-order valence-electron chi connectivity index (χ1n) is 9.72. The molecule has 0 heterocycles. The molecule has 1 aliphatic carbocycles. The first kappa shape index (κ1) is 19.2. The fraction of sp³-hybridized carbons (Fsp3) is 0.391. The van der Waals surface area contributed by atoms with E-state index >= 15 is 0 Å². The first-order chi connectivity index (χ1) is 12.9. The topological polar surface area (TPSA) is 58.2 Å². The molecule has 142 valence electrons. The molecular formula is C23H28N2O2. The van der Waals surface area contributed by atoms with E-state index in [0.717, 1.165) is 29.7 Å². The van der Waals surface area contributed by atoms with Crippen molar-refractivity contribution in [3.05, 3.63) is 64.7 Å². The van der Waals surface area contributed by atoms with Crippen molar-refractivity contribution >= 4 is 17.5 Å². The predicted octanol–water partition coefficient (Wildman–Crippen LogP) is 5.08. The summed E-state index contributed by atoms with van der Waals surface area (Å²) in [5.74, 6) is 0.399. The molecule has 3 rings (SSSR count). The van der Waals surface area contributed by atoms with Crippen LogP contribution in [0.3, 0.4) is 0 Å². The van der Waals surface area contributed by atoms with Gasteiger partial charge in [-0.25, -0.2) is 0 Å². The zero-order chi connectivity index (χ0) is 19.6. The van der Waals surface area contributed by atoms with Crippen LogP contribution in [0, 0.1) is 0 Å². The van der Waals surface area contributed by atoms with E-state index in [9.17, 15) is 9.59 Å². The van der Waals surface area contributed by atoms with E-state index in [1.807, 2.05) is 6.07 Å². The molecule has 0 atom stereocenters. The summed E-state index contributed by atoms with van der Waals surface area (Å²) in [4.78, 5) is 24.9. The highest BCUT2D eigenvalue weighted by Crippen LogP contribution is 2.32. The molecule has 0 aromatic heterocycles. The molecule has 0 bridgehead atoms. The molecule has 2 N–H and O–H groups in total. The van der Waals surface area contributed by atoms with Gasteiger partial charge in [0.25, 0.3) is 11.8 Å². The highest BCUT2D eigenvalue weighted by Gasteiger charge is 2.24. The Labute approximate surface area is 161 Å². The van der Waals surface area contributed by atoms with Crippen LogP contribution < -0.4 is 10.6 Å². The normalized spacial score (nSPS) is 13.7. The third-order valence-corrected chi connectivity index (χ3v) is 4.93. The van der Waals surface area contributed by atoms with E-state index in [0.29, 0.717) is 29.0 Å². The largest absolute Gasteiger partial charge is 0.349 e. The number of hydrogen-bond acceptors (Lipinski definition) is 2. The van der Waals surface area contributed by atoms with E-state index < -0.39 is 0 Å². The molecule has 2 aromatic rings. The van der Waals surface area contributed by atoms with Crippen molar-refractivity contribution in [2.24, 2.45) is 0 Å². The second kappa shape index (κ2) is 7.95. The SMILES string of the molecule is CC(C)c1cccc(C(C)C)c1NC(=O)c1ccc(C(=O)NC2CC2)cc1. The fourth-order valence-electron chi connectivity index (χ4n) is 3.15. The molecule has 0 saturated heterocycles. The van der Waals surface area contributed by atoms with Crippen LogP contribution in [-0.4, -0.2) is 17.9 Å². The maximum Gasteiger partial charge on any atom is 0.255 e. The number of rotatable bonds is 6. The van der Waals surface area contributed by atoms with Gasteiger partial charge in [0.15, 0.2) is 0 Å². The molecule has 4 nitrogen and oxygen atoms in total. The lowest BCUT2D eigenvalue weighted by Gasteiger charge is -2.20. The van der Waals surface area contributed by atoms with Crippen molar-refractivity contribution in [1.82, 2.24) is 5.32 Å². The van der Waals surface area contributed by atoms with Gasteiger partial charge >= 0.3 is 0 Å². The number of carbonyl (C=O) groups is 2. The van der Waals surface area contributed by atoms with Gasteiger partial charge < -0.3 is 10.6 Å². The second-order valence-corrected chi connectivity index (χ2v) is 7.90. The number of hydrogen-bond donors (Lipinski definition) is 2. The fourth-order valence-corrected chi connectivity index (χ4v) is 3.15. The quantitative estimate of drug-likeness (QED) is 0.751. The highest BCUT2D eigenvalue weighted by atomic mass is 16.2. The molecule has 27 heavy (non-hydrogen) atoms. The van der Waals surface area contributed by atoms with Gasteiger partial charge in [-0.15, -0.1) is 0 Å². The van der Waals surface area contributed by atoms with Crippen molar-refractivity contribution < 1.29 is 9.59 Å². The molecule has 4 heteroatoms.